The van der Waals surface area contributed by atoms with Crippen LogP contribution in [0.3, 0.4) is 0 Å². The smallest absolute Gasteiger partial charge is 0.268 e. The van der Waals surface area contributed by atoms with E-state index in [1.807, 2.05) is 5.43 Å². The van der Waals surface area contributed by atoms with Crippen molar-refractivity contribution in [3.8, 4) is 5.75 Å². The van der Waals surface area contributed by atoms with Gasteiger partial charge in [0.2, 0.25) is 0 Å². The van der Waals surface area contributed by atoms with Gasteiger partial charge < -0.3 is 9.15 Å². The molecule has 0 bridgehead atoms. The first kappa shape index (κ1) is 13.0. The van der Waals surface area contributed by atoms with E-state index in [4.69, 9.17) is 15.0 Å². The van der Waals surface area contributed by atoms with Crippen LogP contribution in [-0.4, -0.2) is 5.91 Å². The van der Waals surface area contributed by atoms with Gasteiger partial charge in [0, 0.05) is 6.07 Å². The topological polar surface area (TPSA) is 77.5 Å². The van der Waals surface area contributed by atoms with Crippen LogP contribution in [0.5, 0.6) is 5.75 Å². The summed E-state index contributed by atoms with van der Waals surface area (Å²) in [4.78, 5) is 11.2. The largest absolute Gasteiger partial charge is 0.482 e. The maximum absolute atomic E-state index is 13.3. The zero-order valence-corrected chi connectivity index (χ0v) is 9.65. The molecular formula is C12H10F2N2O3. The third-order valence-corrected chi connectivity index (χ3v) is 2.31. The van der Waals surface area contributed by atoms with Crippen LogP contribution < -0.4 is 16.0 Å². The van der Waals surface area contributed by atoms with Gasteiger partial charge in [-0.1, -0.05) is 0 Å². The summed E-state index contributed by atoms with van der Waals surface area (Å²) >= 11 is 0. The molecule has 0 aliphatic heterocycles. The molecule has 1 aromatic carbocycles. The summed E-state index contributed by atoms with van der Waals surface area (Å²) in [5.74, 6) is 3.18. The van der Waals surface area contributed by atoms with E-state index in [9.17, 15) is 13.6 Å². The summed E-state index contributed by atoms with van der Waals surface area (Å²) in [6.07, 6.45) is 1.18. The number of hydrogen-bond donors (Lipinski definition) is 2. The van der Waals surface area contributed by atoms with E-state index < -0.39 is 17.5 Å². The fourth-order valence-corrected chi connectivity index (χ4v) is 1.40. The summed E-state index contributed by atoms with van der Waals surface area (Å²) in [7, 11) is 0. The van der Waals surface area contributed by atoms with Crippen molar-refractivity contribution in [1.82, 2.24) is 5.43 Å². The zero-order valence-electron chi connectivity index (χ0n) is 9.65. The highest BCUT2D eigenvalue weighted by atomic mass is 19.1. The monoisotopic (exact) mass is 268 g/mol. The fourth-order valence-electron chi connectivity index (χ4n) is 1.40. The van der Waals surface area contributed by atoms with E-state index in [0.29, 0.717) is 0 Å². The normalized spacial score (nSPS) is 10.3. The Labute approximate surface area is 106 Å². The van der Waals surface area contributed by atoms with Crippen LogP contribution in [0.1, 0.15) is 16.1 Å². The lowest BCUT2D eigenvalue weighted by atomic mass is 10.3. The van der Waals surface area contributed by atoms with Crippen molar-refractivity contribution >= 4 is 5.91 Å². The van der Waals surface area contributed by atoms with E-state index in [-0.39, 0.29) is 23.7 Å². The molecule has 3 N–H and O–H groups in total. The molecule has 0 aliphatic rings. The summed E-state index contributed by atoms with van der Waals surface area (Å²) in [6.45, 7) is -0.141. The number of ether oxygens (including phenoxy) is 1. The van der Waals surface area contributed by atoms with Gasteiger partial charge in [-0.15, -0.1) is 0 Å². The van der Waals surface area contributed by atoms with Gasteiger partial charge in [-0.05, 0) is 18.2 Å². The second kappa shape index (κ2) is 5.49. The van der Waals surface area contributed by atoms with Gasteiger partial charge in [0.05, 0.1) is 5.56 Å². The Bertz CT molecular complexity index is 598. The Morgan fingerprint density at radius 3 is 2.89 bits per heavy atom. The standard InChI is InChI=1S/C12H10F2N2O3/c13-8-1-2-10(14)11(4-8)19-6-9-3-7(5-18-9)12(17)16-15/h1-5H,6,15H2,(H,16,17). The number of hydrogen-bond acceptors (Lipinski definition) is 4. The fraction of sp³-hybridized carbons (Fsp3) is 0.0833. The lowest BCUT2D eigenvalue weighted by molar-refractivity contribution is 0.0953. The number of carbonyl (C=O) groups excluding carboxylic acids is 1. The first-order valence-corrected chi connectivity index (χ1v) is 5.26. The Balaban J connectivity index is 2.04. The number of hydrazine groups is 1. The van der Waals surface area contributed by atoms with Crippen LogP contribution >= 0.6 is 0 Å². The first-order chi connectivity index (χ1) is 9.10. The number of nitrogen functional groups attached to an aromatic ring is 1. The predicted molar refractivity (Wildman–Crippen MR) is 61.1 cm³/mol. The molecule has 1 aromatic heterocycles. The van der Waals surface area contributed by atoms with Gasteiger partial charge in [0.1, 0.15) is 24.4 Å². The van der Waals surface area contributed by atoms with Gasteiger partial charge in [-0.25, -0.2) is 14.6 Å². The predicted octanol–water partition coefficient (Wildman–Crippen LogP) is 1.74. The second-order valence-corrected chi connectivity index (χ2v) is 3.64. The summed E-state index contributed by atoms with van der Waals surface area (Å²) < 4.78 is 36.2. The lowest BCUT2D eigenvalue weighted by Gasteiger charge is -2.05. The van der Waals surface area contributed by atoms with Crippen LogP contribution in [0, 0.1) is 11.6 Å². The molecule has 0 saturated heterocycles. The van der Waals surface area contributed by atoms with Gasteiger partial charge in [-0.3, -0.25) is 10.2 Å². The number of nitrogens with one attached hydrogen (secondary N) is 1. The average Bonchev–Trinajstić information content (AvgIpc) is 2.88. The molecule has 0 unspecified atom stereocenters. The third-order valence-electron chi connectivity index (χ3n) is 2.31. The zero-order chi connectivity index (χ0) is 13.8. The van der Waals surface area contributed by atoms with E-state index in [1.54, 1.807) is 0 Å². The maximum atomic E-state index is 13.3. The van der Waals surface area contributed by atoms with Crippen molar-refractivity contribution in [2.24, 2.45) is 5.84 Å². The van der Waals surface area contributed by atoms with Crippen molar-refractivity contribution in [1.29, 1.82) is 0 Å². The first-order valence-electron chi connectivity index (χ1n) is 5.26. The van der Waals surface area contributed by atoms with Gasteiger partial charge in [0.25, 0.3) is 5.91 Å². The molecule has 19 heavy (non-hydrogen) atoms. The Morgan fingerprint density at radius 2 is 2.16 bits per heavy atom. The number of halogens is 2. The van der Waals surface area contributed by atoms with Crippen LogP contribution in [0.15, 0.2) is 34.9 Å². The molecule has 2 rings (SSSR count). The van der Waals surface area contributed by atoms with Gasteiger partial charge in [0.15, 0.2) is 11.6 Å². The number of rotatable bonds is 4. The highest BCUT2D eigenvalue weighted by molar-refractivity contribution is 5.93. The van der Waals surface area contributed by atoms with E-state index in [2.05, 4.69) is 0 Å². The molecule has 0 radical (unpaired) electrons. The molecule has 2 aromatic rings. The minimum atomic E-state index is -0.687. The number of furan rings is 1. The van der Waals surface area contributed by atoms with Crippen molar-refractivity contribution in [3.63, 3.8) is 0 Å². The minimum Gasteiger partial charge on any atom is -0.482 e. The highest BCUT2D eigenvalue weighted by Gasteiger charge is 2.10. The molecular weight excluding hydrogens is 258 g/mol. The highest BCUT2D eigenvalue weighted by Crippen LogP contribution is 2.19. The third kappa shape index (κ3) is 3.08. The van der Waals surface area contributed by atoms with E-state index in [1.165, 1.54) is 12.3 Å². The minimum absolute atomic E-state index is 0.141. The molecule has 0 aliphatic carbocycles. The van der Waals surface area contributed by atoms with Crippen molar-refractivity contribution in [2.75, 3.05) is 0 Å². The van der Waals surface area contributed by atoms with Crippen LogP contribution in [0.2, 0.25) is 0 Å². The second-order valence-electron chi connectivity index (χ2n) is 3.64. The molecule has 0 fully saturated rings. The number of amides is 1. The molecule has 1 amide bonds. The number of nitrogens with two attached hydrogens (primary N) is 1. The summed E-state index contributed by atoms with van der Waals surface area (Å²) in [5.41, 5.74) is 2.14. The van der Waals surface area contributed by atoms with Gasteiger partial charge in [-0.2, -0.15) is 0 Å². The van der Waals surface area contributed by atoms with Crippen molar-refractivity contribution in [3.05, 3.63) is 53.5 Å². The Hall–Kier alpha value is -2.41. The Morgan fingerprint density at radius 1 is 1.37 bits per heavy atom. The quantitative estimate of drug-likeness (QED) is 0.503. The SMILES string of the molecule is NNC(=O)c1coc(COc2cc(F)ccc2F)c1. The van der Waals surface area contributed by atoms with E-state index >= 15 is 0 Å². The molecule has 5 nitrogen and oxygen atoms in total. The van der Waals surface area contributed by atoms with E-state index in [0.717, 1.165) is 18.2 Å². The lowest BCUT2D eigenvalue weighted by Crippen LogP contribution is -2.29. The molecule has 0 atom stereocenters. The molecule has 0 saturated carbocycles. The van der Waals surface area contributed by atoms with Crippen molar-refractivity contribution < 1.29 is 22.7 Å². The van der Waals surface area contributed by atoms with Crippen LogP contribution in [-0.2, 0) is 6.61 Å². The molecule has 100 valence electrons. The molecule has 0 spiro atoms. The van der Waals surface area contributed by atoms with Crippen molar-refractivity contribution in [2.45, 2.75) is 6.61 Å². The number of benzene rings is 1. The summed E-state index contributed by atoms with van der Waals surface area (Å²) in [5, 5.41) is 0. The summed E-state index contributed by atoms with van der Waals surface area (Å²) in [6, 6.07) is 4.25. The van der Waals surface area contributed by atoms with Gasteiger partial charge >= 0.3 is 0 Å². The molecule has 7 heteroatoms. The Kier molecular flexibility index (Phi) is 3.76. The average molecular weight is 268 g/mol. The molecule has 1 heterocycles. The van der Waals surface area contributed by atoms with Crippen LogP contribution in [0.25, 0.3) is 0 Å². The maximum Gasteiger partial charge on any atom is 0.268 e. The number of carbonyl (C=O) groups is 1. The van der Waals surface area contributed by atoms with Crippen LogP contribution in [0.4, 0.5) is 8.78 Å².